The zero-order valence-corrected chi connectivity index (χ0v) is 6.17. The van der Waals surface area contributed by atoms with Crippen LogP contribution in [0.3, 0.4) is 0 Å². The second-order valence-corrected chi connectivity index (χ2v) is 1.92. The molecule has 0 atom stereocenters. The van der Waals surface area contributed by atoms with Crippen molar-refractivity contribution in [1.82, 2.24) is 0 Å². The first kappa shape index (κ1) is 9.43. The third-order valence-corrected chi connectivity index (χ3v) is 1.11. The number of rotatable bonds is 5. The van der Waals surface area contributed by atoms with Crippen molar-refractivity contribution in [2.24, 2.45) is 0 Å². The Morgan fingerprint density at radius 3 is 2.80 bits per heavy atom. The smallest absolute Gasteiger partial charge is 0.305 e. The fraction of sp³-hybridized carbons (Fsp3) is 0.714. The summed E-state index contributed by atoms with van der Waals surface area (Å²) in [7, 11) is 1.37. The quantitative estimate of drug-likeness (QED) is 0.453. The average Bonchev–Trinajstić information content (AvgIpc) is 1.98. The number of hydrogen-bond donors (Lipinski definition) is 1. The summed E-state index contributed by atoms with van der Waals surface area (Å²) in [4.78, 5) is 10.5. The highest BCUT2D eigenvalue weighted by Gasteiger charge is 1.97. The molecule has 0 aliphatic rings. The predicted molar refractivity (Wildman–Crippen MR) is 37.3 cm³/mol. The maximum absolute atomic E-state index is 10.5. The number of carbonyl (C=O) groups excluding carboxylic acids is 1. The monoisotopic (exact) mass is 145 g/mol. The van der Waals surface area contributed by atoms with E-state index in [-0.39, 0.29) is 12.6 Å². The van der Waals surface area contributed by atoms with Gasteiger partial charge in [-0.2, -0.15) is 0 Å². The molecule has 0 bridgehead atoms. The minimum atomic E-state index is -0.200. The fourth-order valence-electron chi connectivity index (χ4n) is 0.558. The molecule has 1 radical (unpaired) electrons. The van der Waals surface area contributed by atoms with E-state index in [1.807, 2.05) is 6.42 Å². The van der Waals surface area contributed by atoms with E-state index in [0.29, 0.717) is 19.3 Å². The summed E-state index contributed by atoms with van der Waals surface area (Å²) in [6, 6.07) is 0. The third kappa shape index (κ3) is 5.56. The lowest BCUT2D eigenvalue weighted by atomic mass is 10.2. The molecule has 3 heteroatoms. The lowest BCUT2D eigenvalue weighted by Gasteiger charge is -1.96. The van der Waals surface area contributed by atoms with Crippen LogP contribution in [0.25, 0.3) is 0 Å². The van der Waals surface area contributed by atoms with E-state index in [2.05, 4.69) is 4.74 Å². The predicted octanol–water partition coefficient (Wildman–Crippen LogP) is 0.526. The zero-order valence-electron chi connectivity index (χ0n) is 6.17. The highest BCUT2D eigenvalue weighted by atomic mass is 16.5. The fourth-order valence-corrected chi connectivity index (χ4v) is 0.558. The number of aliphatic hydroxyl groups excluding tert-OH is 1. The van der Waals surface area contributed by atoms with E-state index in [0.717, 1.165) is 0 Å². The Hall–Kier alpha value is -0.570. The van der Waals surface area contributed by atoms with Crippen molar-refractivity contribution in [2.75, 3.05) is 13.7 Å². The zero-order chi connectivity index (χ0) is 7.82. The number of methoxy groups -OCH3 is 1. The minimum Gasteiger partial charge on any atom is -0.469 e. The standard InChI is InChI=1S/C7H13O3/c1-10-7(9)5-3-2-4-6-8/h2,8H,3-6H2,1H3. The first-order valence-corrected chi connectivity index (χ1v) is 3.30. The Bertz CT molecular complexity index is 90.9. The molecule has 0 rings (SSSR count). The van der Waals surface area contributed by atoms with Gasteiger partial charge in [-0.05, 0) is 19.3 Å². The van der Waals surface area contributed by atoms with Gasteiger partial charge in [0.2, 0.25) is 0 Å². The van der Waals surface area contributed by atoms with Crippen LogP contribution in [0.15, 0.2) is 0 Å². The van der Waals surface area contributed by atoms with Crippen LogP contribution in [0.5, 0.6) is 0 Å². The Morgan fingerprint density at radius 1 is 1.60 bits per heavy atom. The van der Waals surface area contributed by atoms with Gasteiger partial charge in [0.05, 0.1) is 7.11 Å². The molecule has 59 valence electrons. The lowest BCUT2D eigenvalue weighted by Crippen LogP contribution is -1.99. The minimum absolute atomic E-state index is 0.154. The SMILES string of the molecule is COC(=O)CC[CH]CCO. The van der Waals surface area contributed by atoms with Crippen molar-refractivity contribution < 1.29 is 14.6 Å². The molecular weight excluding hydrogens is 132 g/mol. The second kappa shape index (κ2) is 6.55. The van der Waals surface area contributed by atoms with Gasteiger partial charge in [-0.15, -0.1) is 0 Å². The lowest BCUT2D eigenvalue weighted by molar-refractivity contribution is -0.140. The molecule has 1 N–H and O–H groups in total. The van der Waals surface area contributed by atoms with Crippen LogP contribution in [-0.4, -0.2) is 24.8 Å². The summed E-state index contributed by atoms with van der Waals surface area (Å²) in [6.45, 7) is 0.154. The highest BCUT2D eigenvalue weighted by Crippen LogP contribution is 1.98. The molecule has 0 aromatic rings. The number of unbranched alkanes of at least 4 members (excludes halogenated alkanes) is 2. The van der Waals surface area contributed by atoms with Gasteiger partial charge < -0.3 is 9.84 Å². The average molecular weight is 145 g/mol. The van der Waals surface area contributed by atoms with E-state index in [1.165, 1.54) is 7.11 Å². The number of esters is 1. The van der Waals surface area contributed by atoms with Crippen molar-refractivity contribution in [1.29, 1.82) is 0 Å². The van der Waals surface area contributed by atoms with E-state index < -0.39 is 0 Å². The maximum Gasteiger partial charge on any atom is 0.305 e. The molecule has 0 aliphatic carbocycles. The van der Waals surface area contributed by atoms with Gasteiger partial charge in [-0.25, -0.2) is 0 Å². The van der Waals surface area contributed by atoms with Crippen molar-refractivity contribution >= 4 is 5.97 Å². The maximum atomic E-state index is 10.5. The van der Waals surface area contributed by atoms with Crippen LogP contribution in [-0.2, 0) is 9.53 Å². The molecule has 0 amide bonds. The van der Waals surface area contributed by atoms with Crippen molar-refractivity contribution in [3.8, 4) is 0 Å². The van der Waals surface area contributed by atoms with E-state index >= 15 is 0 Å². The Labute approximate surface area is 61.0 Å². The van der Waals surface area contributed by atoms with Crippen LogP contribution >= 0.6 is 0 Å². The first-order valence-electron chi connectivity index (χ1n) is 3.30. The van der Waals surface area contributed by atoms with Crippen LogP contribution in [0.2, 0.25) is 0 Å². The topological polar surface area (TPSA) is 46.5 Å². The normalized spacial score (nSPS) is 9.40. The first-order chi connectivity index (χ1) is 4.81. The van der Waals surface area contributed by atoms with E-state index in [4.69, 9.17) is 5.11 Å². The summed E-state index contributed by atoms with van der Waals surface area (Å²) < 4.78 is 4.41. The highest BCUT2D eigenvalue weighted by molar-refractivity contribution is 5.69. The van der Waals surface area contributed by atoms with Gasteiger partial charge in [0.1, 0.15) is 0 Å². The summed E-state index contributed by atoms with van der Waals surface area (Å²) in [6.07, 6.45) is 3.62. The largest absolute Gasteiger partial charge is 0.469 e. The molecule has 0 saturated carbocycles. The Morgan fingerprint density at radius 2 is 2.30 bits per heavy atom. The second-order valence-electron chi connectivity index (χ2n) is 1.92. The Balaban J connectivity index is 2.96. The van der Waals surface area contributed by atoms with Gasteiger partial charge in [-0.3, -0.25) is 4.79 Å². The molecule has 0 unspecified atom stereocenters. The summed E-state index contributed by atoms with van der Waals surface area (Å²) in [5.74, 6) is -0.200. The van der Waals surface area contributed by atoms with Crippen LogP contribution in [0.4, 0.5) is 0 Å². The van der Waals surface area contributed by atoms with Crippen molar-refractivity contribution in [3.63, 3.8) is 0 Å². The molecular formula is C7H13O3. The van der Waals surface area contributed by atoms with Gasteiger partial charge in [0, 0.05) is 13.0 Å². The van der Waals surface area contributed by atoms with Crippen molar-refractivity contribution in [2.45, 2.75) is 19.3 Å². The third-order valence-electron chi connectivity index (χ3n) is 1.11. The van der Waals surface area contributed by atoms with Crippen LogP contribution in [0, 0.1) is 6.42 Å². The van der Waals surface area contributed by atoms with E-state index in [1.54, 1.807) is 0 Å². The number of hydrogen-bond acceptors (Lipinski definition) is 3. The van der Waals surface area contributed by atoms with Crippen LogP contribution < -0.4 is 0 Å². The van der Waals surface area contributed by atoms with Crippen molar-refractivity contribution in [3.05, 3.63) is 6.42 Å². The van der Waals surface area contributed by atoms with Crippen LogP contribution in [0.1, 0.15) is 19.3 Å². The molecule has 0 aliphatic heterocycles. The molecule has 0 aromatic heterocycles. The van der Waals surface area contributed by atoms with Gasteiger partial charge >= 0.3 is 5.97 Å². The Kier molecular flexibility index (Phi) is 6.18. The molecule has 0 aromatic carbocycles. The molecule has 10 heavy (non-hydrogen) atoms. The van der Waals surface area contributed by atoms with E-state index in [9.17, 15) is 4.79 Å². The number of ether oxygens (including phenoxy) is 1. The molecule has 0 heterocycles. The molecule has 3 nitrogen and oxygen atoms in total. The van der Waals surface area contributed by atoms with Gasteiger partial charge in [-0.1, -0.05) is 0 Å². The van der Waals surface area contributed by atoms with Gasteiger partial charge in [0.25, 0.3) is 0 Å². The molecule has 0 saturated heterocycles. The van der Waals surface area contributed by atoms with Gasteiger partial charge in [0.15, 0.2) is 0 Å². The molecule has 0 fully saturated rings. The number of aliphatic hydroxyl groups is 1. The summed E-state index contributed by atoms with van der Waals surface area (Å²) >= 11 is 0. The number of carbonyl (C=O) groups is 1. The summed E-state index contributed by atoms with van der Waals surface area (Å²) in [5, 5.41) is 8.34. The molecule has 0 spiro atoms. The summed E-state index contributed by atoms with van der Waals surface area (Å²) in [5.41, 5.74) is 0.